The van der Waals surface area contributed by atoms with E-state index < -0.39 is 87.9 Å². The predicted octanol–water partition coefficient (Wildman–Crippen LogP) is 17.0. The number of amides is 4. The van der Waals surface area contributed by atoms with Gasteiger partial charge in [0.15, 0.2) is 0 Å². The van der Waals surface area contributed by atoms with E-state index in [4.69, 9.17) is 72.5 Å². The van der Waals surface area contributed by atoms with E-state index in [1.165, 1.54) is 4.90 Å². The summed E-state index contributed by atoms with van der Waals surface area (Å²) in [5, 5.41) is 2.93. The first-order valence-corrected chi connectivity index (χ1v) is 49.7. The van der Waals surface area contributed by atoms with Crippen LogP contribution in [-0.2, 0) is 127 Å². The Balaban J connectivity index is 0.000000181. The van der Waals surface area contributed by atoms with E-state index in [2.05, 4.69) is 31.1 Å². The van der Waals surface area contributed by atoms with Gasteiger partial charge in [-0.2, -0.15) is 0 Å². The molecule has 6 aliphatic heterocycles. The molecule has 8 bridgehead atoms. The number of aromatic nitrogens is 6. The number of carbonyl (C=O) groups excluding carboxylic acids is 9. The molecule has 6 aromatic rings. The Bertz CT molecular complexity index is 5230. The van der Waals surface area contributed by atoms with Crippen LogP contribution in [0, 0.1) is 81.3 Å². The smallest absolute Gasteiger partial charge is 0.408 e. The number of alkyl carbamates (subject to hydrolysis) is 1. The number of benzene rings is 3. The molecular weight excluding hydrogens is 1840 g/mol. The van der Waals surface area contributed by atoms with Gasteiger partial charge in [-0.05, 0) is 203 Å². The van der Waals surface area contributed by atoms with Crippen LogP contribution in [0.5, 0.6) is 34.9 Å². The molecule has 737 valence electrons. The van der Waals surface area contributed by atoms with Crippen LogP contribution >= 0.6 is 0 Å². The van der Waals surface area contributed by atoms with Crippen LogP contribution in [0.25, 0.3) is 33.1 Å². The third-order valence-corrected chi connectivity index (χ3v) is 31.1. The number of esters is 2. The minimum absolute atomic E-state index is 0. The molecule has 3 aromatic carbocycles. The fourth-order valence-electron chi connectivity index (χ4n) is 23.1. The number of nitrogens with zero attached hydrogens (tertiary/aromatic N) is 9. The monoisotopic (exact) mass is 1980 g/mol. The van der Waals surface area contributed by atoms with Crippen molar-refractivity contribution in [3.63, 3.8) is 0 Å². The molecule has 4 amide bonds. The number of ether oxygens (including phenoxy) is 9. The molecule has 3 aromatic heterocycles. The summed E-state index contributed by atoms with van der Waals surface area (Å²) in [4.78, 5) is 155. The van der Waals surface area contributed by atoms with Gasteiger partial charge < -0.3 is 77.0 Å². The van der Waals surface area contributed by atoms with Gasteiger partial charge >= 0.3 is 18.0 Å². The largest absolute Gasteiger partial charge is 0.540 e. The summed E-state index contributed by atoms with van der Waals surface area (Å²) in [5.41, 5.74) is 4.12. The van der Waals surface area contributed by atoms with Crippen LogP contribution in [0.1, 0.15) is 274 Å². The second-order valence-electron chi connectivity index (χ2n) is 43.1. The maximum absolute atomic E-state index is 14.3. The van der Waals surface area contributed by atoms with Gasteiger partial charge in [-0.1, -0.05) is 172 Å². The summed E-state index contributed by atoms with van der Waals surface area (Å²) in [5.74, 6) is 2.41. The van der Waals surface area contributed by atoms with Crippen molar-refractivity contribution in [3.8, 4) is 34.9 Å². The Morgan fingerprint density at radius 3 is 1.21 bits per heavy atom. The van der Waals surface area contributed by atoms with Crippen molar-refractivity contribution in [1.82, 2.24) is 49.9 Å². The second-order valence-corrected chi connectivity index (χ2v) is 43.1. The second kappa shape index (κ2) is 45.2. The number of rotatable bonds is 12. The van der Waals surface area contributed by atoms with Gasteiger partial charge in [0.05, 0.1) is 98.7 Å². The molecule has 3 saturated heterocycles. The van der Waals surface area contributed by atoms with Gasteiger partial charge in [0.25, 0.3) is 0 Å². The average molecular weight is 1980 g/mol. The number of hydrogen-bond donors (Lipinski definition) is 1. The SMILES string of the molecule is CCC[C@@]12C[C@H]1CCCCCc1nc3ccc(OC)cc3nc1O[C@H]1CN(C(=O)[C@H](C(C)(C)C)CC(=O)O2)[C@H]([C-]=O)[C@@H]1CC.CC[C@@H]1[C@@H]2CN(C(=O)[C@H](C(C)(C)C)CC(=O)O[C@@H]3C4CC(C4)C[C@H]3CCCCCc3nc4ccc(OC)cc4nc3O2)[C@@H]1[C-]=O.CC[C@@H]1[C@@H]2CN(C(=O)[C@H](C(C)(C)C)NC(=O)O[C@]3(C4CC4)C[C@H]3CCCCCc3nc4ccc(OC)cc4nc3O2)[C@@H]1[C-]=O.[V].[V].[V]. The number of carbonyl (C=O) groups is 6. The van der Waals surface area contributed by atoms with Crippen LogP contribution in [0.3, 0.4) is 0 Å². The molecule has 6 aliphatic carbocycles. The van der Waals surface area contributed by atoms with E-state index in [1.54, 1.807) is 31.1 Å². The Morgan fingerprint density at radius 2 is 0.831 bits per heavy atom. The molecule has 28 nitrogen and oxygen atoms in total. The normalized spacial score (nSPS) is 30.7. The van der Waals surface area contributed by atoms with Gasteiger partial charge in [-0.15, -0.1) is 0 Å². The molecule has 0 spiro atoms. The van der Waals surface area contributed by atoms with Crippen molar-refractivity contribution in [2.45, 2.75) is 336 Å². The van der Waals surface area contributed by atoms with E-state index in [0.717, 1.165) is 174 Å². The van der Waals surface area contributed by atoms with E-state index in [-0.39, 0.29) is 142 Å². The molecule has 9 fully saturated rings. The van der Waals surface area contributed by atoms with E-state index in [0.29, 0.717) is 120 Å². The molecule has 0 unspecified atom stereocenters. The van der Waals surface area contributed by atoms with Crippen LogP contribution < -0.4 is 33.7 Å². The van der Waals surface area contributed by atoms with Gasteiger partial charge in [-0.25, -0.2) is 53.6 Å². The first kappa shape index (κ1) is 107. The van der Waals surface area contributed by atoms with Crippen LogP contribution in [0.4, 0.5) is 4.79 Å². The van der Waals surface area contributed by atoms with E-state index >= 15 is 0 Å². The zero-order valence-electron chi connectivity index (χ0n) is 82.5. The van der Waals surface area contributed by atoms with Crippen LogP contribution in [0.15, 0.2) is 54.6 Å². The Kier molecular flexibility index (Phi) is 35.5. The van der Waals surface area contributed by atoms with Crippen LogP contribution in [-0.4, -0.2) is 200 Å². The number of fused-ring (bicyclic) bond motifs is 14. The predicted molar refractivity (Wildman–Crippen MR) is 501 cm³/mol. The molecule has 9 heterocycles. The number of aryl methyl sites for hydroxylation is 3. The molecule has 1 N–H and O–H groups in total. The van der Waals surface area contributed by atoms with Gasteiger partial charge in [0.2, 0.25) is 35.4 Å². The molecule has 12 aliphatic rings. The van der Waals surface area contributed by atoms with Gasteiger partial charge in [0.1, 0.15) is 76.0 Å². The zero-order chi connectivity index (χ0) is 94.8. The van der Waals surface area contributed by atoms with Crippen molar-refractivity contribution in [3.05, 3.63) is 71.7 Å². The first-order valence-electron chi connectivity index (χ1n) is 49.7. The summed E-state index contributed by atoms with van der Waals surface area (Å²) in [7, 11) is 4.85. The quantitative estimate of drug-likeness (QED) is 0.0675. The van der Waals surface area contributed by atoms with E-state index in [1.807, 2.05) is 138 Å². The molecule has 136 heavy (non-hydrogen) atoms. The summed E-state index contributed by atoms with van der Waals surface area (Å²) in [6.45, 7) is 26.2. The van der Waals surface area contributed by atoms with Crippen LogP contribution in [0.2, 0.25) is 0 Å². The Morgan fingerprint density at radius 1 is 0.434 bits per heavy atom. The number of nitrogens with one attached hydrogen (secondary N) is 1. The Hall–Kier alpha value is -8.14. The summed E-state index contributed by atoms with van der Waals surface area (Å²) >= 11 is 0. The molecule has 18 atom stereocenters. The molecular formula is C105H141N10O18V3-3. The third kappa shape index (κ3) is 23.7. The Labute approximate surface area is 838 Å². The standard InChI is InChI=1S/C36H48N3O6.C35H48N3O6.C34H45N4O6.3V/c1-6-25-30(20-40)39-19-31(25)44-34-28(37-27-13-12-24(43-5)17-29(27)38-34)11-9-7-8-10-22-14-21-15-23(16-21)33(22)45-32(41)18-26(35(39)42)36(2,3)4;1-7-16-35-19-22(35)12-10-9-11-13-27-32(37-28-17-23(42-6)14-15-26(28)36-27)43-30-20-38(29(21-39)24(30)8-2)33(41)25(34(3,4)5)18-31(40)44-35;1-6-23-27(19-39)38-18-28(23)43-30-25(35-24-15-14-22(42-5)16-26(24)36-30)11-9-7-8-10-21-17-34(21,20-12-13-20)44-32(41)37-29(31(38)40)33(2,3)4;;;/h12-13,17,21-23,25-26,30-31,33H,6-11,14-16,18-19H2,1-5H3;14-15,17,22,24-25,29-30H,7-13,16,18-20H2,1-6H3;14-16,20-21,23,27-29H,6-13,17-18H2,1-5H3,(H,37,41);;;/q3*-1;;;/t21?,22-,23?,25+,26-,30-,31+,33+;22-,24+,25-,29-,30+,35-;21-,23+,27-,28+,29-,34+;;;/m111.../s1. The molecule has 31 heteroatoms. The molecule has 3 radical (unpaired) electrons. The van der Waals surface area contributed by atoms with Gasteiger partial charge in [-0.3, -0.25) is 24.0 Å². The molecule has 18 rings (SSSR count). The van der Waals surface area contributed by atoms with Crippen molar-refractivity contribution >= 4 is 87.7 Å². The van der Waals surface area contributed by atoms with E-state index in [9.17, 15) is 43.2 Å². The van der Waals surface area contributed by atoms with Crippen molar-refractivity contribution in [1.29, 1.82) is 0 Å². The fraction of sp³-hybridized carbons (Fsp3) is 0.686. The molecule has 6 saturated carbocycles. The topological polar surface area (TPSA) is 336 Å². The summed E-state index contributed by atoms with van der Waals surface area (Å²) in [6, 6.07) is 13.6. The summed E-state index contributed by atoms with van der Waals surface area (Å²) in [6.07, 6.45) is 29.4. The van der Waals surface area contributed by atoms with Gasteiger partial charge in [0, 0.05) is 85.7 Å². The van der Waals surface area contributed by atoms with Crippen molar-refractivity contribution < 1.29 is 141 Å². The zero-order valence-corrected chi connectivity index (χ0v) is 86.7. The fourth-order valence-corrected chi connectivity index (χ4v) is 23.1. The van der Waals surface area contributed by atoms with Crippen molar-refractivity contribution in [2.24, 2.45) is 81.3 Å². The average Bonchev–Trinajstić information content (AvgIpc) is 1.55. The summed E-state index contributed by atoms with van der Waals surface area (Å²) < 4.78 is 54.8. The number of hydrogen-bond acceptors (Lipinski definition) is 24. The third-order valence-electron chi connectivity index (χ3n) is 31.1. The first-order chi connectivity index (χ1) is 63.7. The maximum Gasteiger partial charge on any atom is 0.408 e. The van der Waals surface area contributed by atoms with Crippen molar-refractivity contribution in [2.75, 3.05) is 41.0 Å². The minimum atomic E-state index is -0.891. The minimum Gasteiger partial charge on any atom is -0.540 e. The maximum atomic E-state index is 14.3. The number of methoxy groups -OCH3 is 3.